The molecule has 0 bridgehead atoms. The van der Waals surface area contributed by atoms with Crippen molar-refractivity contribution in [2.45, 2.75) is 56.8 Å². The summed E-state index contributed by atoms with van der Waals surface area (Å²) in [6, 6.07) is 0.476. The smallest absolute Gasteiger partial charge is 0.314 e. The molecule has 1 saturated heterocycles. The van der Waals surface area contributed by atoms with Crippen LogP contribution in [-0.4, -0.2) is 31.3 Å². The van der Waals surface area contributed by atoms with Crippen molar-refractivity contribution < 1.29 is 13.2 Å². The van der Waals surface area contributed by atoms with E-state index in [-0.39, 0.29) is 6.04 Å². The van der Waals surface area contributed by atoms with Crippen LogP contribution in [0.3, 0.4) is 0 Å². The molecule has 0 aromatic heterocycles. The quantitative estimate of drug-likeness (QED) is 0.804. The molecule has 2 rings (SSSR count). The van der Waals surface area contributed by atoms with E-state index >= 15 is 0 Å². The van der Waals surface area contributed by atoms with Gasteiger partial charge in [0.25, 0.3) is 0 Å². The predicted molar refractivity (Wildman–Crippen MR) is 60.8 cm³/mol. The van der Waals surface area contributed by atoms with Crippen molar-refractivity contribution in [2.24, 2.45) is 5.92 Å². The number of hydrogen-bond acceptors (Lipinski definition) is 2. The molecule has 3 atom stereocenters. The van der Waals surface area contributed by atoms with E-state index in [2.05, 4.69) is 10.6 Å². The van der Waals surface area contributed by atoms with E-state index in [0.717, 1.165) is 32.2 Å². The summed E-state index contributed by atoms with van der Waals surface area (Å²) in [5, 5.41) is 6.17. The molecule has 1 heterocycles. The number of hydrogen-bond donors (Lipinski definition) is 2. The maximum Gasteiger partial charge on any atom is 0.401 e. The average Bonchev–Trinajstić information content (AvgIpc) is 2.75. The highest BCUT2D eigenvalue weighted by atomic mass is 19.4. The molecule has 3 unspecified atom stereocenters. The van der Waals surface area contributed by atoms with Gasteiger partial charge in [0.05, 0.1) is 6.54 Å². The highest BCUT2D eigenvalue weighted by molar-refractivity contribution is 4.92. The summed E-state index contributed by atoms with van der Waals surface area (Å²) in [7, 11) is 0. The Kier molecular flexibility index (Phi) is 4.31. The van der Waals surface area contributed by atoms with Crippen LogP contribution >= 0.6 is 0 Å². The van der Waals surface area contributed by atoms with Gasteiger partial charge in [-0.05, 0) is 38.1 Å². The fourth-order valence-electron chi connectivity index (χ4n) is 3.21. The Bertz CT molecular complexity index is 236. The largest absolute Gasteiger partial charge is 0.401 e. The van der Waals surface area contributed by atoms with Gasteiger partial charge in [-0.15, -0.1) is 0 Å². The van der Waals surface area contributed by atoms with Gasteiger partial charge in [0.1, 0.15) is 0 Å². The topological polar surface area (TPSA) is 24.1 Å². The van der Waals surface area contributed by atoms with Gasteiger partial charge < -0.3 is 10.6 Å². The van der Waals surface area contributed by atoms with Crippen LogP contribution in [0.5, 0.6) is 0 Å². The molecule has 1 aliphatic heterocycles. The van der Waals surface area contributed by atoms with Gasteiger partial charge in [-0.3, -0.25) is 0 Å². The molecule has 0 aromatic carbocycles. The van der Waals surface area contributed by atoms with E-state index in [1.165, 1.54) is 12.8 Å². The van der Waals surface area contributed by atoms with Gasteiger partial charge in [0, 0.05) is 12.1 Å². The summed E-state index contributed by atoms with van der Waals surface area (Å²) in [6.07, 6.45) is 2.44. The molecule has 5 heteroatoms. The van der Waals surface area contributed by atoms with Crippen LogP contribution in [0.4, 0.5) is 13.2 Å². The fraction of sp³-hybridized carbons (Fsp3) is 1.00. The summed E-state index contributed by atoms with van der Waals surface area (Å²) in [6.45, 7) is 0.175. The number of halogens is 3. The number of nitrogens with one attached hydrogen (secondary N) is 2. The lowest BCUT2D eigenvalue weighted by Crippen LogP contribution is -2.48. The first kappa shape index (κ1) is 13.1. The van der Waals surface area contributed by atoms with Gasteiger partial charge in [-0.25, -0.2) is 0 Å². The van der Waals surface area contributed by atoms with E-state index in [4.69, 9.17) is 0 Å². The summed E-state index contributed by atoms with van der Waals surface area (Å²) in [5.41, 5.74) is 0. The van der Waals surface area contributed by atoms with Gasteiger partial charge in [-0.1, -0.05) is 12.8 Å². The summed E-state index contributed by atoms with van der Waals surface area (Å²) in [5.74, 6) is 0.387. The molecule has 0 amide bonds. The van der Waals surface area contributed by atoms with Crippen LogP contribution in [0.25, 0.3) is 0 Å². The van der Waals surface area contributed by atoms with Gasteiger partial charge in [0.2, 0.25) is 0 Å². The average molecular weight is 250 g/mol. The van der Waals surface area contributed by atoms with Crippen LogP contribution in [0, 0.1) is 5.92 Å². The van der Waals surface area contributed by atoms with Gasteiger partial charge in [0.15, 0.2) is 0 Å². The second-order valence-electron chi connectivity index (χ2n) is 5.25. The number of alkyl halides is 3. The summed E-state index contributed by atoms with van der Waals surface area (Å²) < 4.78 is 36.6. The molecule has 2 nitrogen and oxygen atoms in total. The van der Waals surface area contributed by atoms with E-state index in [1.54, 1.807) is 0 Å². The molecular weight excluding hydrogens is 229 g/mol. The normalized spacial score (nSPS) is 35.1. The minimum absolute atomic E-state index is 0.0484. The van der Waals surface area contributed by atoms with Gasteiger partial charge >= 0.3 is 6.18 Å². The van der Waals surface area contributed by atoms with Crippen LogP contribution in [0.1, 0.15) is 38.5 Å². The zero-order valence-corrected chi connectivity index (χ0v) is 10.0. The second kappa shape index (κ2) is 5.57. The molecule has 17 heavy (non-hydrogen) atoms. The monoisotopic (exact) mass is 250 g/mol. The molecule has 2 N–H and O–H groups in total. The summed E-state index contributed by atoms with van der Waals surface area (Å²) in [4.78, 5) is 0. The third-order valence-electron chi connectivity index (χ3n) is 4.00. The van der Waals surface area contributed by atoms with E-state index < -0.39 is 12.7 Å². The molecular formula is C12H21F3N2. The van der Waals surface area contributed by atoms with E-state index in [9.17, 15) is 13.2 Å². The third-order valence-corrected chi connectivity index (χ3v) is 4.00. The zero-order valence-electron chi connectivity index (χ0n) is 10.0. The first-order valence-corrected chi connectivity index (χ1v) is 6.60. The molecule has 2 fully saturated rings. The Balaban J connectivity index is 1.83. The fourth-order valence-corrected chi connectivity index (χ4v) is 3.21. The lowest BCUT2D eigenvalue weighted by Gasteiger charge is -2.33. The van der Waals surface area contributed by atoms with Crippen molar-refractivity contribution in [3.05, 3.63) is 0 Å². The Morgan fingerprint density at radius 3 is 2.53 bits per heavy atom. The molecule has 100 valence electrons. The Labute approximate surface area is 100 Å². The van der Waals surface area contributed by atoms with Crippen LogP contribution in [0.2, 0.25) is 0 Å². The maximum absolute atomic E-state index is 12.2. The lowest BCUT2D eigenvalue weighted by atomic mass is 9.88. The van der Waals surface area contributed by atoms with E-state index in [0.29, 0.717) is 12.0 Å². The first-order valence-electron chi connectivity index (χ1n) is 6.60. The van der Waals surface area contributed by atoms with Gasteiger partial charge in [-0.2, -0.15) is 13.2 Å². The molecule has 0 aromatic rings. The van der Waals surface area contributed by atoms with Crippen LogP contribution in [0.15, 0.2) is 0 Å². The van der Waals surface area contributed by atoms with Crippen molar-refractivity contribution in [3.63, 3.8) is 0 Å². The first-order chi connectivity index (χ1) is 8.06. The minimum Gasteiger partial charge on any atom is -0.314 e. The zero-order chi connectivity index (χ0) is 12.3. The van der Waals surface area contributed by atoms with Crippen molar-refractivity contribution in [1.82, 2.24) is 10.6 Å². The SMILES string of the molecule is FC(F)(F)CNC1CCCC1C1CCCCN1. The summed E-state index contributed by atoms with van der Waals surface area (Å²) >= 11 is 0. The van der Waals surface area contributed by atoms with Crippen molar-refractivity contribution >= 4 is 0 Å². The maximum atomic E-state index is 12.2. The second-order valence-corrected chi connectivity index (χ2v) is 5.25. The molecule has 1 aliphatic carbocycles. The molecule has 0 spiro atoms. The van der Waals surface area contributed by atoms with Crippen LogP contribution in [-0.2, 0) is 0 Å². The van der Waals surface area contributed by atoms with Crippen molar-refractivity contribution in [2.75, 3.05) is 13.1 Å². The van der Waals surface area contributed by atoms with E-state index in [1.807, 2.05) is 0 Å². The number of piperidine rings is 1. The molecule has 2 aliphatic rings. The highest BCUT2D eigenvalue weighted by Gasteiger charge is 2.36. The highest BCUT2D eigenvalue weighted by Crippen LogP contribution is 2.32. The third kappa shape index (κ3) is 3.85. The Hall–Kier alpha value is -0.290. The predicted octanol–water partition coefficient (Wildman–Crippen LogP) is 2.45. The molecule has 0 radical (unpaired) electrons. The molecule has 1 saturated carbocycles. The van der Waals surface area contributed by atoms with Crippen molar-refractivity contribution in [1.29, 1.82) is 0 Å². The van der Waals surface area contributed by atoms with Crippen LogP contribution < -0.4 is 10.6 Å². The standard InChI is InChI=1S/C12H21F3N2/c13-12(14,15)8-17-11-6-3-4-9(11)10-5-1-2-7-16-10/h9-11,16-17H,1-8H2. The Morgan fingerprint density at radius 2 is 1.88 bits per heavy atom. The lowest BCUT2D eigenvalue weighted by molar-refractivity contribution is -0.126. The number of rotatable bonds is 3. The Morgan fingerprint density at radius 1 is 1.06 bits per heavy atom. The minimum atomic E-state index is -4.09. The van der Waals surface area contributed by atoms with Crippen molar-refractivity contribution in [3.8, 4) is 0 Å².